The van der Waals surface area contributed by atoms with Crippen LogP contribution in [0.1, 0.15) is 86.0 Å². The van der Waals surface area contributed by atoms with Gasteiger partial charge in [-0.3, -0.25) is 0 Å². The summed E-state index contributed by atoms with van der Waals surface area (Å²) >= 11 is 0. The summed E-state index contributed by atoms with van der Waals surface area (Å²) in [5, 5.41) is 31.0. The highest BCUT2D eigenvalue weighted by Gasteiger charge is 2.59. The molecule has 3 saturated carbocycles. The molecule has 182 valence electrons. The van der Waals surface area contributed by atoms with Crippen molar-refractivity contribution in [3.8, 4) is 0 Å². The van der Waals surface area contributed by atoms with E-state index in [0.717, 1.165) is 25.7 Å². The Balaban J connectivity index is 1.54. The lowest BCUT2D eigenvalue weighted by Crippen LogP contribution is -2.52. The fourth-order valence-corrected chi connectivity index (χ4v) is 7.94. The Labute approximate surface area is 192 Å². The summed E-state index contributed by atoms with van der Waals surface area (Å²) in [6.45, 7) is 9.06. The van der Waals surface area contributed by atoms with E-state index >= 15 is 0 Å². The quantitative estimate of drug-likeness (QED) is 0.506. The zero-order chi connectivity index (χ0) is 23.7. The van der Waals surface area contributed by atoms with E-state index in [1.54, 1.807) is 0 Å². The molecule has 4 rings (SSSR count). The van der Waals surface area contributed by atoms with Gasteiger partial charge in [0, 0.05) is 18.3 Å². The molecule has 0 aliphatic heterocycles. The molecule has 5 heteroatoms. The Kier molecular flexibility index (Phi) is 6.00. The van der Waals surface area contributed by atoms with Gasteiger partial charge in [-0.05, 0) is 81.5 Å². The van der Waals surface area contributed by atoms with E-state index in [1.165, 1.54) is 25.0 Å². The first kappa shape index (κ1) is 24.3. The van der Waals surface area contributed by atoms with Gasteiger partial charge in [-0.2, -0.15) is 0 Å². The Bertz CT molecular complexity index is 797. The lowest BCUT2D eigenvalue weighted by Gasteiger charge is -2.56. The SMILES string of the molecule is C[C@H](CCC(F)(F)C(C)(C)O)[C@H]1CC[C@H]2C3=CC=C4C[C@@H](O)C[C@H](O)[C@]4(C)[C@H]3CC[C@]12C. The zero-order valence-corrected chi connectivity index (χ0v) is 20.4. The van der Waals surface area contributed by atoms with Crippen molar-refractivity contribution >= 4 is 0 Å². The van der Waals surface area contributed by atoms with Gasteiger partial charge in [-0.25, -0.2) is 8.78 Å². The van der Waals surface area contributed by atoms with Crippen LogP contribution in [0.3, 0.4) is 0 Å². The number of rotatable bonds is 5. The van der Waals surface area contributed by atoms with Crippen molar-refractivity contribution < 1.29 is 24.1 Å². The highest BCUT2D eigenvalue weighted by Crippen LogP contribution is 2.66. The molecule has 0 aromatic rings. The minimum absolute atomic E-state index is 0.0899. The summed E-state index contributed by atoms with van der Waals surface area (Å²) in [6.07, 6.45) is 8.83. The van der Waals surface area contributed by atoms with Crippen molar-refractivity contribution in [1.82, 2.24) is 0 Å². The molecule has 0 spiro atoms. The highest BCUT2D eigenvalue weighted by atomic mass is 19.3. The van der Waals surface area contributed by atoms with Gasteiger partial charge in [0.2, 0.25) is 0 Å². The minimum atomic E-state index is -3.08. The van der Waals surface area contributed by atoms with Crippen molar-refractivity contribution in [1.29, 1.82) is 0 Å². The third kappa shape index (κ3) is 3.62. The molecule has 8 atom stereocenters. The molecule has 4 aliphatic rings. The summed E-state index contributed by atoms with van der Waals surface area (Å²) in [4.78, 5) is 0. The van der Waals surface area contributed by atoms with Gasteiger partial charge in [0.15, 0.2) is 0 Å². The molecule has 0 saturated heterocycles. The van der Waals surface area contributed by atoms with Crippen LogP contribution in [0.15, 0.2) is 23.3 Å². The maximum atomic E-state index is 14.4. The molecule has 3 nitrogen and oxygen atoms in total. The molecular weight excluding hydrogens is 410 g/mol. The number of fused-ring (bicyclic) bond motifs is 5. The Morgan fingerprint density at radius 1 is 1.09 bits per heavy atom. The molecule has 0 aromatic carbocycles. The molecule has 4 aliphatic carbocycles. The van der Waals surface area contributed by atoms with Crippen molar-refractivity contribution in [3.05, 3.63) is 23.3 Å². The van der Waals surface area contributed by atoms with Gasteiger partial charge < -0.3 is 15.3 Å². The highest BCUT2D eigenvalue weighted by molar-refractivity contribution is 5.40. The molecule has 32 heavy (non-hydrogen) atoms. The summed E-state index contributed by atoms with van der Waals surface area (Å²) in [5.41, 5.74) is 0.415. The van der Waals surface area contributed by atoms with Crippen LogP contribution in [0.2, 0.25) is 0 Å². The standard InChI is InChI=1S/C27H42F2O3/c1-16(10-13-27(28,29)24(2,3)32)20-8-9-21-19-7-6-17-14-18(30)15-23(31)26(17,5)22(19)11-12-25(20,21)4/h6-7,16,18,20-23,30-32H,8-15H2,1-5H3/t16-,18-,20-,21+,22+,23+,25-,26+/m1/s1. The van der Waals surface area contributed by atoms with Gasteiger partial charge in [0.1, 0.15) is 5.60 Å². The summed E-state index contributed by atoms with van der Waals surface area (Å²) < 4.78 is 28.8. The molecule has 3 fully saturated rings. The Morgan fingerprint density at radius 3 is 2.44 bits per heavy atom. The molecule has 0 radical (unpaired) electrons. The number of aliphatic hydroxyl groups excluding tert-OH is 2. The molecule has 0 unspecified atom stereocenters. The summed E-state index contributed by atoms with van der Waals surface area (Å²) in [7, 11) is 0. The van der Waals surface area contributed by atoms with E-state index < -0.39 is 23.7 Å². The summed E-state index contributed by atoms with van der Waals surface area (Å²) in [6, 6.07) is 0. The van der Waals surface area contributed by atoms with E-state index in [0.29, 0.717) is 37.0 Å². The lowest BCUT2D eigenvalue weighted by molar-refractivity contribution is -0.168. The first-order chi connectivity index (χ1) is 14.7. The van der Waals surface area contributed by atoms with E-state index in [-0.39, 0.29) is 23.2 Å². The average Bonchev–Trinajstić information content (AvgIpc) is 3.04. The van der Waals surface area contributed by atoms with Crippen LogP contribution in [0.5, 0.6) is 0 Å². The van der Waals surface area contributed by atoms with Crippen molar-refractivity contribution in [2.45, 2.75) is 110 Å². The maximum Gasteiger partial charge on any atom is 0.275 e. The predicted molar refractivity (Wildman–Crippen MR) is 122 cm³/mol. The van der Waals surface area contributed by atoms with Crippen LogP contribution in [0, 0.1) is 34.5 Å². The van der Waals surface area contributed by atoms with Crippen molar-refractivity contribution in [2.24, 2.45) is 34.5 Å². The predicted octanol–water partition coefficient (Wildman–Crippen LogP) is 5.64. The Hall–Kier alpha value is -0.780. The third-order valence-corrected chi connectivity index (χ3v) is 10.2. The van der Waals surface area contributed by atoms with Crippen LogP contribution in [0.25, 0.3) is 0 Å². The van der Waals surface area contributed by atoms with E-state index in [1.807, 2.05) is 0 Å². The lowest BCUT2D eigenvalue weighted by atomic mass is 9.49. The zero-order valence-electron chi connectivity index (χ0n) is 20.4. The smallest absolute Gasteiger partial charge is 0.275 e. The van der Waals surface area contributed by atoms with E-state index in [9.17, 15) is 24.1 Å². The second-order valence-corrected chi connectivity index (χ2v) is 12.4. The van der Waals surface area contributed by atoms with E-state index in [2.05, 4.69) is 32.9 Å². The Morgan fingerprint density at radius 2 is 1.78 bits per heavy atom. The molecule has 0 amide bonds. The third-order valence-electron chi connectivity index (χ3n) is 10.2. The number of aliphatic hydroxyl groups is 3. The van der Waals surface area contributed by atoms with Crippen molar-refractivity contribution in [3.63, 3.8) is 0 Å². The van der Waals surface area contributed by atoms with Crippen LogP contribution >= 0.6 is 0 Å². The first-order valence-corrected chi connectivity index (χ1v) is 12.6. The average molecular weight is 453 g/mol. The topological polar surface area (TPSA) is 60.7 Å². The number of hydrogen-bond donors (Lipinski definition) is 3. The molecule has 0 bridgehead atoms. The molecular formula is C27H42F2O3. The normalized spacial score (nSPS) is 43.0. The molecule has 0 aromatic heterocycles. The monoisotopic (exact) mass is 452 g/mol. The van der Waals surface area contributed by atoms with Crippen LogP contribution < -0.4 is 0 Å². The number of halogens is 2. The number of hydrogen-bond acceptors (Lipinski definition) is 3. The second-order valence-electron chi connectivity index (χ2n) is 12.4. The fourth-order valence-electron chi connectivity index (χ4n) is 7.94. The largest absolute Gasteiger partial charge is 0.393 e. The fraction of sp³-hybridized carbons (Fsp3) is 0.852. The maximum absolute atomic E-state index is 14.4. The van der Waals surface area contributed by atoms with Gasteiger partial charge >= 0.3 is 0 Å². The molecule has 3 N–H and O–H groups in total. The van der Waals surface area contributed by atoms with Crippen LogP contribution in [0.4, 0.5) is 8.78 Å². The van der Waals surface area contributed by atoms with Gasteiger partial charge in [-0.1, -0.05) is 44.1 Å². The number of alkyl halides is 2. The summed E-state index contributed by atoms with van der Waals surface area (Å²) in [5.74, 6) is -1.78. The van der Waals surface area contributed by atoms with Crippen LogP contribution in [-0.2, 0) is 0 Å². The van der Waals surface area contributed by atoms with Crippen molar-refractivity contribution in [2.75, 3.05) is 0 Å². The van der Waals surface area contributed by atoms with Gasteiger partial charge in [0.25, 0.3) is 5.92 Å². The first-order valence-electron chi connectivity index (χ1n) is 12.6. The van der Waals surface area contributed by atoms with E-state index in [4.69, 9.17) is 0 Å². The van der Waals surface area contributed by atoms with Gasteiger partial charge in [-0.15, -0.1) is 0 Å². The number of allylic oxidation sites excluding steroid dienone is 3. The van der Waals surface area contributed by atoms with Crippen LogP contribution in [-0.4, -0.2) is 39.1 Å². The molecule has 0 heterocycles. The minimum Gasteiger partial charge on any atom is -0.393 e. The van der Waals surface area contributed by atoms with Gasteiger partial charge in [0.05, 0.1) is 12.2 Å². The second kappa shape index (κ2) is 7.88.